The molecule has 1 heterocycles. The van der Waals surface area contributed by atoms with Gasteiger partial charge in [0.2, 0.25) is 0 Å². The zero-order valence-corrected chi connectivity index (χ0v) is 10.7. The average molecular weight is 234 g/mol. The molecule has 94 valence electrons. The van der Waals surface area contributed by atoms with Crippen molar-refractivity contribution in [2.45, 2.75) is 25.8 Å². The van der Waals surface area contributed by atoms with Crippen LogP contribution in [0.3, 0.4) is 0 Å². The quantitative estimate of drug-likeness (QED) is 0.838. The summed E-state index contributed by atoms with van der Waals surface area (Å²) in [5.74, 6) is 0.550. The summed E-state index contributed by atoms with van der Waals surface area (Å²) in [5.41, 5.74) is 2.62. The largest absolute Gasteiger partial charge is 0.383 e. The van der Waals surface area contributed by atoms with E-state index in [0.29, 0.717) is 12.0 Å². The van der Waals surface area contributed by atoms with Gasteiger partial charge in [-0.2, -0.15) is 0 Å². The van der Waals surface area contributed by atoms with Gasteiger partial charge in [-0.15, -0.1) is 0 Å². The molecule has 1 saturated heterocycles. The van der Waals surface area contributed by atoms with Gasteiger partial charge in [-0.1, -0.05) is 32.0 Å². The van der Waals surface area contributed by atoms with Gasteiger partial charge in [0.15, 0.2) is 0 Å². The molecule has 0 spiro atoms. The van der Waals surface area contributed by atoms with Gasteiger partial charge in [0, 0.05) is 24.8 Å². The monoisotopic (exact) mass is 234 g/mol. The van der Waals surface area contributed by atoms with E-state index >= 15 is 0 Å². The summed E-state index contributed by atoms with van der Waals surface area (Å²) in [6.07, 6.45) is 0. The van der Waals surface area contributed by atoms with Crippen molar-refractivity contribution in [1.29, 1.82) is 0 Å². The molecule has 0 aliphatic carbocycles. The second-order valence-electron chi connectivity index (χ2n) is 4.85. The molecule has 3 heteroatoms. The summed E-state index contributed by atoms with van der Waals surface area (Å²) >= 11 is 0. The smallest absolute Gasteiger partial charge is 0.0637 e. The first-order chi connectivity index (χ1) is 8.27. The zero-order valence-electron chi connectivity index (χ0n) is 10.7. The number of nitrogens with one attached hydrogen (secondary N) is 2. The molecule has 3 nitrogen and oxygen atoms in total. The number of morpholine rings is 1. The highest BCUT2D eigenvalue weighted by Gasteiger charge is 2.13. The van der Waals surface area contributed by atoms with Crippen LogP contribution in [0.15, 0.2) is 24.3 Å². The lowest BCUT2D eigenvalue weighted by atomic mass is 10.0. The van der Waals surface area contributed by atoms with Gasteiger partial charge in [-0.05, 0) is 17.5 Å². The van der Waals surface area contributed by atoms with Gasteiger partial charge in [-0.25, -0.2) is 0 Å². The molecule has 1 atom stereocenters. The Kier molecular flexibility index (Phi) is 4.40. The molecule has 0 aromatic heterocycles. The molecule has 1 aromatic carbocycles. The number of anilines is 1. The Morgan fingerprint density at radius 1 is 1.41 bits per heavy atom. The van der Waals surface area contributed by atoms with Crippen LogP contribution in [-0.2, 0) is 4.74 Å². The Morgan fingerprint density at radius 2 is 2.24 bits per heavy atom. The number of hydrogen-bond acceptors (Lipinski definition) is 3. The van der Waals surface area contributed by atoms with E-state index in [0.717, 1.165) is 26.3 Å². The first-order valence-electron chi connectivity index (χ1n) is 6.41. The maximum absolute atomic E-state index is 5.45. The molecular weight excluding hydrogens is 212 g/mol. The van der Waals surface area contributed by atoms with Crippen LogP contribution >= 0.6 is 0 Å². The Bertz CT molecular complexity index is 346. The van der Waals surface area contributed by atoms with Crippen molar-refractivity contribution in [3.63, 3.8) is 0 Å². The van der Waals surface area contributed by atoms with Crippen molar-refractivity contribution in [3.8, 4) is 0 Å². The molecule has 1 aliphatic rings. The number of ether oxygens (including phenoxy) is 1. The molecule has 17 heavy (non-hydrogen) atoms. The van der Waals surface area contributed by atoms with E-state index in [9.17, 15) is 0 Å². The molecular formula is C14H22N2O. The minimum atomic E-state index is 0.420. The first kappa shape index (κ1) is 12.4. The van der Waals surface area contributed by atoms with Crippen molar-refractivity contribution >= 4 is 5.69 Å². The Hall–Kier alpha value is -1.06. The third-order valence-corrected chi connectivity index (χ3v) is 3.12. The van der Waals surface area contributed by atoms with Crippen molar-refractivity contribution in [1.82, 2.24) is 5.32 Å². The van der Waals surface area contributed by atoms with Crippen LogP contribution in [0, 0.1) is 0 Å². The second kappa shape index (κ2) is 6.03. The summed E-state index contributed by atoms with van der Waals surface area (Å²) in [4.78, 5) is 0. The Labute approximate surface area is 104 Å². The van der Waals surface area contributed by atoms with Gasteiger partial charge >= 0.3 is 0 Å². The molecule has 1 unspecified atom stereocenters. The number of rotatable bonds is 4. The maximum Gasteiger partial charge on any atom is 0.0637 e. The minimum absolute atomic E-state index is 0.420. The van der Waals surface area contributed by atoms with E-state index in [1.165, 1.54) is 11.3 Å². The van der Waals surface area contributed by atoms with Crippen LogP contribution < -0.4 is 10.6 Å². The van der Waals surface area contributed by atoms with Crippen LogP contribution in [0.25, 0.3) is 0 Å². The van der Waals surface area contributed by atoms with Crippen LogP contribution in [0.5, 0.6) is 0 Å². The highest BCUT2D eigenvalue weighted by atomic mass is 16.5. The fourth-order valence-corrected chi connectivity index (χ4v) is 2.15. The van der Waals surface area contributed by atoms with Gasteiger partial charge in [0.1, 0.15) is 0 Å². The standard InChI is InChI=1S/C14H22N2O/c1-11(2)13-5-3-4-6-14(13)16-9-12-10-17-8-7-15-12/h3-6,11-12,15-16H,7-10H2,1-2H3. The molecule has 0 bridgehead atoms. The van der Waals surface area contributed by atoms with E-state index in [2.05, 4.69) is 48.7 Å². The fourth-order valence-electron chi connectivity index (χ4n) is 2.15. The highest BCUT2D eigenvalue weighted by Crippen LogP contribution is 2.23. The van der Waals surface area contributed by atoms with Crippen molar-refractivity contribution in [2.24, 2.45) is 0 Å². The molecule has 1 aromatic rings. The van der Waals surface area contributed by atoms with Crippen LogP contribution in [-0.4, -0.2) is 32.3 Å². The van der Waals surface area contributed by atoms with Crippen molar-refractivity contribution in [2.75, 3.05) is 31.6 Å². The summed E-state index contributed by atoms with van der Waals surface area (Å²) in [6, 6.07) is 8.95. The van der Waals surface area contributed by atoms with Gasteiger partial charge < -0.3 is 15.4 Å². The summed E-state index contributed by atoms with van der Waals surface area (Å²) in [5, 5.41) is 6.97. The molecule has 2 N–H and O–H groups in total. The van der Waals surface area contributed by atoms with Crippen LogP contribution in [0.4, 0.5) is 5.69 Å². The molecule has 0 amide bonds. The minimum Gasteiger partial charge on any atom is -0.383 e. The topological polar surface area (TPSA) is 33.3 Å². The summed E-state index contributed by atoms with van der Waals surface area (Å²) < 4.78 is 5.45. The highest BCUT2D eigenvalue weighted by molar-refractivity contribution is 5.52. The van der Waals surface area contributed by atoms with Crippen molar-refractivity contribution < 1.29 is 4.74 Å². The summed E-state index contributed by atoms with van der Waals surface area (Å²) in [7, 11) is 0. The molecule has 1 aliphatic heterocycles. The number of benzene rings is 1. The Morgan fingerprint density at radius 3 is 2.94 bits per heavy atom. The lowest BCUT2D eigenvalue weighted by Gasteiger charge is -2.25. The van der Waals surface area contributed by atoms with E-state index in [1.54, 1.807) is 0 Å². The molecule has 1 fully saturated rings. The van der Waals surface area contributed by atoms with Gasteiger partial charge in [0.25, 0.3) is 0 Å². The predicted molar refractivity (Wildman–Crippen MR) is 71.6 cm³/mol. The van der Waals surface area contributed by atoms with E-state index in [-0.39, 0.29) is 0 Å². The lowest BCUT2D eigenvalue weighted by molar-refractivity contribution is 0.0806. The normalized spacial score (nSPS) is 20.5. The fraction of sp³-hybridized carbons (Fsp3) is 0.571. The molecule has 0 saturated carbocycles. The zero-order chi connectivity index (χ0) is 12.1. The van der Waals surface area contributed by atoms with Gasteiger partial charge in [0.05, 0.1) is 13.2 Å². The van der Waals surface area contributed by atoms with Gasteiger partial charge in [-0.3, -0.25) is 0 Å². The van der Waals surface area contributed by atoms with Crippen molar-refractivity contribution in [3.05, 3.63) is 29.8 Å². The third-order valence-electron chi connectivity index (χ3n) is 3.12. The number of hydrogen-bond donors (Lipinski definition) is 2. The first-order valence-corrected chi connectivity index (χ1v) is 6.41. The van der Waals surface area contributed by atoms with E-state index in [4.69, 9.17) is 4.74 Å². The maximum atomic E-state index is 5.45. The second-order valence-corrected chi connectivity index (χ2v) is 4.85. The molecule has 0 radical (unpaired) electrons. The SMILES string of the molecule is CC(C)c1ccccc1NCC1COCCN1. The van der Waals surface area contributed by atoms with E-state index < -0.39 is 0 Å². The van der Waals surface area contributed by atoms with E-state index in [1.807, 2.05) is 0 Å². The molecule has 2 rings (SSSR count). The third kappa shape index (κ3) is 3.45. The number of para-hydroxylation sites is 1. The predicted octanol–water partition coefficient (Wildman–Crippen LogP) is 2.21. The Balaban J connectivity index is 1.93. The summed E-state index contributed by atoms with van der Waals surface area (Å²) in [6.45, 7) is 7.96. The van der Waals surface area contributed by atoms with Crippen LogP contribution in [0.1, 0.15) is 25.3 Å². The lowest BCUT2D eigenvalue weighted by Crippen LogP contribution is -2.45. The van der Waals surface area contributed by atoms with Crippen LogP contribution in [0.2, 0.25) is 0 Å². The average Bonchev–Trinajstić information content (AvgIpc) is 2.38.